The fourth-order valence-electron chi connectivity index (χ4n) is 1.79. The topological polar surface area (TPSA) is 93.2 Å². The average Bonchev–Trinajstić information content (AvgIpc) is 2.84. The number of carbonyl (C=O) groups excluding carboxylic acids is 2. The van der Waals surface area contributed by atoms with E-state index in [0.29, 0.717) is 27.7 Å². The Balaban J connectivity index is 1.82. The van der Waals surface area contributed by atoms with Gasteiger partial charge in [-0.1, -0.05) is 4.49 Å². The number of amides is 2. The van der Waals surface area contributed by atoms with Gasteiger partial charge in [0.15, 0.2) is 6.61 Å². The van der Waals surface area contributed by atoms with E-state index >= 15 is 0 Å². The van der Waals surface area contributed by atoms with E-state index in [0.717, 1.165) is 11.5 Å². The fourth-order valence-corrected chi connectivity index (χ4v) is 2.34. The predicted molar refractivity (Wildman–Crippen MR) is 73.2 cm³/mol. The summed E-state index contributed by atoms with van der Waals surface area (Å²) in [5, 5.41) is 9.21. The Bertz CT molecular complexity index is 698. The van der Waals surface area contributed by atoms with Crippen LogP contribution in [0.3, 0.4) is 0 Å². The Morgan fingerprint density at radius 2 is 2.35 bits per heavy atom. The van der Waals surface area contributed by atoms with Crippen LogP contribution in [-0.2, 0) is 4.79 Å². The first-order valence-electron chi connectivity index (χ1n) is 5.80. The van der Waals surface area contributed by atoms with Crippen LogP contribution in [0, 0.1) is 6.92 Å². The molecule has 1 aromatic carbocycles. The van der Waals surface area contributed by atoms with Crippen molar-refractivity contribution in [2.75, 3.05) is 17.2 Å². The fraction of sp³-hybridized carbons (Fsp3) is 0.167. The van der Waals surface area contributed by atoms with Gasteiger partial charge in [0.25, 0.3) is 11.8 Å². The van der Waals surface area contributed by atoms with Crippen LogP contribution < -0.4 is 15.4 Å². The normalized spacial score (nSPS) is 13.2. The highest BCUT2D eigenvalue weighted by molar-refractivity contribution is 7.08. The zero-order chi connectivity index (χ0) is 14.1. The number of nitrogens with zero attached hydrogens (tertiary/aromatic N) is 2. The second-order valence-corrected chi connectivity index (χ2v) is 4.94. The van der Waals surface area contributed by atoms with Crippen LogP contribution in [0.25, 0.3) is 0 Å². The second kappa shape index (κ2) is 4.89. The molecule has 0 saturated carbocycles. The Morgan fingerprint density at radius 3 is 3.10 bits per heavy atom. The molecule has 0 bridgehead atoms. The van der Waals surface area contributed by atoms with Gasteiger partial charge >= 0.3 is 0 Å². The Morgan fingerprint density at radius 1 is 1.50 bits per heavy atom. The third-order valence-electron chi connectivity index (χ3n) is 2.73. The number of rotatable bonds is 2. The molecule has 0 radical (unpaired) electrons. The van der Waals surface area contributed by atoms with Gasteiger partial charge in [0.2, 0.25) is 0 Å². The van der Waals surface area contributed by atoms with E-state index in [-0.39, 0.29) is 18.4 Å². The number of hydrogen-bond acceptors (Lipinski definition) is 6. The molecule has 8 heteroatoms. The Hall–Kier alpha value is -2.48. The maximum Gasteiger partial charge on any atom is 0.269 e. The van der Waals surface area contributed by atoms with Crippen LogP contribution in [0.15, 0.2) is 18.2 Å². The highest BCUT2D eigenvalue weighted by Gasteiger charge is 2.18. The van der Waals surface area contributed by atoms with Crippen molar-refractivity contribution >= 4 is 34.7 Å². The summed E-state index contributed by atoms with van der Waals surface area (Å²) < 4.78 is 8.96. The van der Waals surface area contributed by atoms with Gasteiger partial charge in [-0.15, -0.1) is 5.10 Å². The van der Waals surface area contributed by atoms with E-state index in [2.05, 4.69) is 20.2 Å². The van der Waals surface area contributed by atoms with Gasteiger partial charge in [0, 0.05) is 5.69 Å². The summed E-state index contributed by atoms with van der Waals surface area (Å²) in [4.78, 5) is 23.7. The Labute approximate surface area is 118 Å². The van der Waals surface area contributed by atoms with Crippen molar-refractivity contribution in [2.45, 2.75) is 6.92 Å². The molecule has 3 rings (SSSR count). The van der Waals surface area contributed by atoms with Crippen LogP contribution in [0.5, 0.6) is 5.75 Å². The molecule has 0 fully saturated rings. The van der Waals surface area contributed by atoms with Crippen LogP contribution in [0.2, 0.25) is 0 Å². The molecule has 7 nitrogen and oxygen atoms in total. The molecule has 1 aromatic heterocycles. The molecular formula is C12H10N4O3S. The first kappa shape index (κ1) is 12.5. The molecule has 0 spiro atoms. The highest BCUT2D eigenvalue weighted by Crippen LogP contribution is 2.30. The van der Waals surface area contributed by atoms with Crippen LogP contribution >= 0.6 is 11.5 Å². The van der Waals surface area contributed by atoms with Gasteiger partial charge in [0.1, 0.15) is 10.6 Å². The molecule has 2 N–H and O–H groups in total. The van der Waals surface area contributed by atoms with Gasteiger partial charge in [-0.25, -0.2) is 0 Å². The van der Waals surface area contributed by atoms with E-state index in [1.165, 1.54) is 0 Å². The van der Waals surface area contributed by atoms with Crippen molar-refractivity contribution < 1.29 is 14.3 Å². The number of anilines is 2. The number of aryl methyl sites for hydroxylation is 1. The molecule has 102 valence electrons. The van der Waals surface area contributed by atoms with E-state index in [1.54, 1.807) is 25.1 Å². The number of benzene rings is 1. The van der Waals surface area contributed by atoms with Crippen LogP contribution in [0.4, 0.5) is 11.4 Å². The third-order valence-corrected chi connectivity index (χ3v) is 3.55. The van der Waals surface area contributed by atoms with E-state index in [9.17, 15) is 9.59 Å². The smallest absolute Gasteiger partial charge is 0.269 e. The van der Waals surface area contributed by atoms with Gasteiger partial charge in [-0.2, -0.15) is 0 Å². The zero-order valence-corrected chi connectivity index (χ0v) is 11.3. The summed E-state index contributed by atoms with van der Waals surface area (Å²) in [6.07, 6.45) is 0. The molecule has 2 amide bonds. The van der Waals surface area contributed by atoms with Gasteiger partial charge in [0.05, 0.1) is 11.4 Å². The van der Waals surface area contributed by atoms with Gasteiger partial charge < -0.3 is 15.4 Å². The molecule has 0 atom stereocenters. The van der Waals surface area contributed by atoms with Crippen molar-refractivity contribution in [1.82, 2.24) is 9.59 Å². The largest absolute Gasteiger partial charge is 0.482 e. The lowest BCUT2D eigenvalue weighted by molar-refractivity contribution is -0.118. The number of carbonyl (C=O) groups is 2. The number of ether oxygens (including phenoxy) is 1. The monoisotopic (exact) mass is 290 g/mol. The predicted octanol–water partition coefficient (Wildman–Crippen LogP) is 1.43. The second-order valence-electron chi connectivity index (χ2n) is 4.19. The average molecular weight is 290 g/mol. The molecule has 0 unspecified atom stereocenters. The van der Waals surface area contributed by atoms with Gasteiger partial charge in [-0.05, 0) is 36.7 Å². The summed E-state index contributed by atoms with van der Waals surface area (Å²) in [6, 6.07) is 5.05. The van der Waals surface area contributed by atoms with Crippen molar-refractivity contribution in [3.8, 4) is 5.75 Å². The van der Waals surface area contributed by atoms with Crippen LogP contribution in [0.1, 0.15) is 15.4 Å². The molecule has 0 aliphatic carbocycles. The maximum atomic E-state index is 12.0. The molecule has 1 aliphatic rings. The van der Waals surface area contributed by atoms with Crippen LogP contribution in [-0.4, -0.2) is 28.0 Å². The molecule has 20 heavy (non-hydrogen) atoms. The number of aromatic nitrogens is 2. The Kier molecular flexibility index (Phi) is 3.07. The maximum absolute atomic E-state index is 12.0. The minimum absolute atomic E-state index is 0.00440. The summed E-state index contributed by atoms with van der Waals surface area (Å²) >= 11 is 1.04. The summed E-state index contributed by atoms with van der Waals surface area (Å²) in [5.74, 6) is 0.0854. The van der Waals surface area contributed by atoms with E-state index < -0.39 is 0 Å². The number of fused-ring (bicyclic) bond motifs is 1. The molecule has 0 saturated heterocycles. The third kappa shape index (κ3) is 2.32. The van der Waals surface area contributed by atoms with E-state index in [1.807, 2.05) is 0 Å². The van der Waals surface area contributed by atoms with Gasteiger partial charge in [-0.3, -0.25) is 9.59 Å². The summed E-state index contributed by atoms with van der Waals surface area (Å²) in [7, 11) is 0. The lowest BCUT2D eigenvalue weighted by Gasteiger charge is -2.18. The molecule has 2 heterocycles. The van der Waals surface area contributed by atoms with Crippen molar-refractivity contribution in [3.63, 3.8) is 0 Å². The first-order chi connectivity index (χ1) is 9.63. The minimum atomic E-state index is -0.277. The molecule has 2 aromatic rings. The van der Waals surface area contributed by atoms with Crippen molar-refractivity contribution in [2.24, 2.45) is 0 Å². The standard InChI is InChI=1S/C12H10N4O3S/c1-6-11(20-16-15-6)12(18)13-7-2-3-9-8(4-7)14-10(17)5-19-9/h2-4H,5H2,1H3,(H,13,18)(H,14,17). The molecular weight excluding hydrogens is 280 g/mol. The van der Waals surface area contributed by atoms with E-state index in [4.69, 9.17) is 4.74 Å². The first-order valence-corrected chi connectivity index (χ1v) is 6.58. The lowest BCUT2D eigenvalue weighted by atomic mass is 10.2. The number of nitrogens with one attached hydrogen (secondary N) is 2. The highest BCUT2D eigenvalue weighted by atomic mass is 32.1. The minimum Gasteiger partial charge on any atom is -0.482 e. The number of hydrogen-bond donors (Lipinski definition) is 2. The zero-order valence-electron chi connectivity index (χ0n) is 10.5. The van der Waals surface area contributed by atoms with Crippen molar-refractivity contribution in [1.29, 1.82) is 0 Å². The summed E-state index contributed by atoms with van der Waals surface area (Å²) in [5.41, 5.74) is 1.69. The lowest BCUT2D eigenvalue weighted by Crippen LogP contribution is -2.25. The van der Waals surface area contributed by atoms with Crippen molar-refractivity contribution in [3.05, 3.63) is 28.8 Å². The quantitative estimate of drug-likeness (QED) is 0.872. The summed E-state index contributed by atoms with van der Waals surface area (Å²) in [6.45, 7) is 1.73. The SMILES string of the molecule is Cc1nnsc1C(=O)Nc1ccc2c(c1)NC(=O)CO2. The molecule has 1 aliphatic heterocycles.